The van der Waals surface area contributed by atoms with Crippen molar-refractivity contribution >= 4 is 17.0 Å². The van der Waals surface area contributed by atoms with E-state index in [0.717, 1.165) is 61.9 Å². The molecular formula is C31H30FN5O5. The molecule has 2 saturated heterocycles. The number of aromatic nitrogens is 3. The van der Waals surface area contributed by atoms with E-state index in [-0.39, 0.29) is 35.7 Å². The van der Waals surface area contributed by atoms with Crippen molar-refractivity contribution in [2.75, 3.05) is 19.7 Å². The molecule has 4 aromatic rings. The van der Waals surface area contributed by atoms with Gasteiger partial charge >= 0.3 is 5.97 Å². The third-order valence-electron chi connectivity index (χ3n) is 7.66. The zero-order valence-electron chi connectivity index (χ0n) is 22.9. The van der Waals surface area contributed by atoms with E-state index < -0.39 is 11.8 Å². The maximum atomic E-state index is 14.1. The molecule has 2 aliphatic heterocycles. The Morgan fingerprint density at radius 2 is 1.95 bits per heavy atom. The Bertz CT molecular complexity index is 1640. The first kappa shape index (κ1) is 27.6. The van der Waals surface area contributed by atoms with Gasteiger partial charge in [-0.1, -0.05) is 6.07 Å². The molecule has 2 aliphatic rings. The normalized spacial score (nSPS) is 17.5. The van der Waals surface area contributed by atoms with Crippen molar-refractivity contribution in [3.8, 4) is 17.7 Å². The lowest BCUT2D eigenvalue weighted by Gasteiger charge is -2.32. The summed E-state index contributed by atoms with van der Waals surface area (Å²) in [6.07, 6.45) is 2.72. The number of nitriles is 1. The van der Waals surface area contributed by atoms with E-state index in [4.69, 9.17) is 24.5 Å². The number of aromatic carboxylic acids is 1. The summed E-state index contributed by atoms with van der Waals surface area (Å²) in [5.41, 5.74) is 2.68. The average molecular weight is 572 g/mol. The monoisotopic (exact) mass is 571 g/mol. The number of ether oxygens (including phenoxy) is 3. The molecule has 2 aromatic heterocycles. The average Bonchev–Trinajstić information content (AvgIpc) is 3.31. The molecule has 0 bridgehead atoms. The molecule has 2 aromatic carbocycles. The Kier molecular flexibility index (Phi) is 7.99. The maximum Gasteiger partial charge on any atom is 0.335 e. The minimum atomic E-state index is -0.957. The van der Waals surface area contributed by atoms with Gasteiger partial charge in [-0.3, -0.25) is 4.90 Å². The topological polar surface area (TPSA) is 123 Å². The van der Waals surface area contributed by atoms with Crippen molar-refractivity contribution in [2.45, 2.75) is 51.2 Å². The Balaban J connectivity index is 1.06. The Labute approximate surface area is 241 Å². The molecule has 4 heterocycles. The van der Waals surface area contributed by atoms with Crippen LogP contribution < -0.4 is 9.47 Å². The van der Waals surface area contributed by atoms with Crippen molar-refractivity contribution in [2.24, 2.45) is 0 Å². The number of imidazole rings is 1. The van der Waals surface area contributed by atoms with Crippen LogP contribution >= 0.6 is 0 Å². The third-order valence-corrected chi connectivity index (χ3v) is 7.66. The zero-order chi connectivity index (χ0) is 29.1. The number of likely N-dealkylation sites (tertiary alicyclic amines) is 1. The number of nitrogens with zero attached hydrogens (tertiary/aromatic N) is 5. The number of carboxylic acids is 1. The quantitative estimate of drug-likeness (QED) is 0.292. The summed E-state index contributed by atoms with van der Waals surface area (Å²) >= 11 is 0. The fourth-order valence-electron chi connectivity index (χ4n) is 5.26. The van der Waals surface area contributed by atoms with Crippen LogP contribution in [0.3, 0.4) is 0 Å². The van der Waals surface area contributed by atoms with Gasteiger partial charge in [-0.15, -0.1) is 0 Å². The number of benzene rings is 2. The Morgan fingerprint density at radius 1 is 1.12 bits per heavy atom. The summed E-state index contributed by atoms with van der Waals surface area (Å²) in [5.74, 6) is -0.0986. The van der Waals surface area contributed by atoms with Crippen LogP contribution in [0.15, 0.2) is 54.6 Å². The summed E-state index contributed by atoms with van der Waals surface area (Å²) in [6, 6.07) is 16.5. The van der Waals surface area contributed by atoms with E-state index in [1.807, 2.05) is 12.1 Å². The highest BCUT2D eigenvalue weighted by molar-refractivity contribution is 5.92. The first-order valence-electron chi connectivity index (χ1n) is 14.0. The van der Waals surface area contributed by atoms with Crippen molar-refractivity contribution in [1.82, 2.24) is 19.4 Å². The molecule has 0 radical (unpaired) electrons. The van der Waals surface area contributed by atoms with Crippen LogP contribution in [-0.4, -0.2) is 62.4 Å². The molecule has 10 nitrogen and oxygen atoms in total. The molecule has 0 amide bonds. The molecule has 2 fully saturated rings. The molecule has 0 unspecified atom stereocenters. The highest BCUT2D eigenvalue weighted by Crippen LogP contribution is 2.25. The smallest absolute Gasteiger partial charge is 0.335 e. The Morgan fingerprint density at radius 3 is 2.67 bits per heavy atom. The van der Waals surface area contributed by atoms with Crippen LogP contribution in [0.2, 0.25) is 0 Å². The molecule has 1 N–H and O–H groups in total. The minimum Gasteiger partial charge on any atom is -0.484 e. The van der Waals surface area contributed by atoms with E-state index in [2.05, 4.69) is 14.5 Å². The first-order valence-corrected chi connectivity index (χ1v) is 14.0. The number of piperidine rings is 1. The van der Waals surface area contributed by atoms with E-state index in [1.165, 1.54) is 12.1 Å². The Hall–Kier alpha value is -4.53. The van der Waals surface area contributed by atoms with E-state index >= 15 is 0 Å². The number of carbonyl (C=O) groups is 1. The van der Waals surface area contributed by atoms with Gasteiger partial charge in [-0.2, -0.15) is 5.26 Å². The summed E-state index contributed by atoms with van der Waals surface area (Å²) in [7, 11) is 0. The van der Waals surface area contributed by atoms with Gasteiger partial charge in [-0.05, 0) is 61.7 Å². The van der Waals surface area contributed by atoms with Gasteiger partial charge in [0.25, 0.3) is 0 Å². The van der Waals surface area contributed by atoms with Crippen LogP contribution in [0.25, 0.3) is 11.0 Å². The number of hydrogen-bond donors (Lipinski definition) is 1. The fourth-order valence-corrected chi connectivity index (χ4v) is 5.26. The molecule has 0 saturated carbocycles. The molecule has 42 heavy (non-hydrogen) atoms. The second kappa shape index (κ2) is 12.1. The van der Waals surface area contributed by atoms with Crippen molar-refractivity contribution < 1.29 is 28.5 Å². The molecular weight excluding hydrogens is 541 g/mol. The standard InChI is InChI=1S/C31H30FN5O5/c32-25-14-20(16-33)4-7-28(25)41-19-22-2-1-3-30(34-22)42-23-8-11-36(12-9-23)18-29-35-26-6-5-21(31(38)39)15-27(26)37(29)17-24-10-13-40-24/h1-7,14-15,23-24H,8-13,17-19H2,(H,38,39)/t24-/m1/s1. The van der Waals surface area contributed by atoms with E-state index in [9.17, 15) is 14.3 Å². The van der Waals surface area contributed by atoms with Crippen molar-refractivity contribution in [3.05, 3.63) is 83.1 Å². The van der Waals surface area contributed by atoms with Gasteiger partial charge in [0.2, 0.25) is 5.88 Å². The molecule has 1 atom stereocenters. The van der Waals surface area contributed by atoms with Gasteiger partial charge in [0.05, 0.1) is 53.1 Å². The highest BCUT2D eigenvalue weighted by atomic mass is 19.1. The zero-order valence-corrected chi connectivity index (χ0v) is 22.9. The van der Waals surface area contributed by atoms with Gasteiger partial charge in [0, 0.05) is 25.8 Å². The lowest BCUT2D eigenvalue weighted by atomic mass is 10.1. The van der Waals surface area contributed by atoms with Crippen LogP contribution in [0, 0.1) is 17.1 Å². The number of hydrogen-bond acceptors (Lipinski definition) is 8. The lowest BCUT2D eigenvalue weighted by Crippen LogP contribution is -2.39. The summed E-state index contributed by atoms with van der Waals surface area (Å²) in [4.78, 5) is 23.3. The fraction of sp³-hybridized carbons (Fsp3) is 0.355. The molecule has 11 heteroatoms. The second-order valence-electron chi connectivity index (χ2n) is 10.5. The molecule has 6 rings (SSSR count). The maximum absolute atomic E-state index is 14.1. The predicted molar refractivity (Wildman–Crippen MR) is 150 cm³/mol. The van der Waals surface area contributed by atoms with E-state index in [0.29, 0.717) is 24.7 Å². The summed E-state index contributed by atoms with van der Waals surface area (Å²) < 4.78 is 33.7. The molecule has 216 valence electrons. The lowest BCUT2D eigenvalue weighted by molar-refractivity contribution is -0.0592. The summed E-state index contributed by atoms with van der Waals surface area (Å²) in [5, 5.41) is 18.4. The van der Waals surface area contributed by atoms with Gasteiger partial charge in [0.1, 0.15) is 18.5 Å². The summed E-state index contributed by atoms with van der Waals surface area (Å²) in [6.45, 7) is 3.75. The number of fused-ring (bicyclic) bond motifs is 1. The second-order valence-corrected chi connectivity index (χ2v) is 10.5. The predicted octanol–water partition coefficient (Wildman–Crippen LogP) is 4.55. The van der Waals surface area contributed by atoms with Crippen LogP contribution in [-0.2, 0) is 24.4 Å². The number of halogens is 1. The van der Waals surface area contributed by atoms with Gasteiger partial charge < -0.3 is 23.9 Å². The van der Waals surface area contributed by atoms with Crippen LogP contribution in [0.5, 0.6) is 11.6 Å². The third kappa shape index (κ3) is 6.20. The van der Waals surface area contributed by atoms with Gasteiger partial charge in [0.15, 0.2) is 11.6 Å². The van der Waals surface area contributed by atoms with Crippen LogP contribution in [0.1, 0.15) is 46.7 Å². The highest BCUT2D eigenvalue weighted by Gasteiger charge is 2.26. The van der Waals surface area contributed by atoms with Crippen LogP contribution in [0.4, 0.5) is 4.39 Å². The number of pyridine rings is 1. The largest absolute Gasteiger partial charge is 0.484 e. The number of carboxylic acid groups (broad SMARTS) is 1. The van der Waals surface area contributed by atoms with E-state index in [1.54, 1.807) is 30.3 Å². The molecule has 0 spiro atoms. The number of rotatable bonds is 10. The van der Waals surface area contributed by atoms with Crippen molar-refractivity contribution in [1.29, 1.82) is 5.26 Å². The first-order chi connectivity index (χ1) is 20.4. The van der Waals surface area contributed by atoms with Crippen molar-refractivity contribution in [3.63, 3.8) is 0 Å². The van der Waals surface area contributed by atoms with Gasteiger partial charge in [-0.25, -0.2) is 19.2 Å². The minimum absolute atomic E-state index is 0.00112. The SMILES string of the molecule is N#Cc1ccc(OCc2cccc(OC3CCN(Cc4nc5ccc(C(=O)O)cc5n4C[C@H]4CCO4)CC3)n2)c(F)c1. The molecule has 0 aliphatic carbocycles.